The van der Waals surface area contributed by atoms with Crippen molar-refractivity contribution < 1.29 is 44.6 Å². The zero-order valence-corrected chi connectivity index (χ0v) is 13.3. The molecule has 5 heteroatoms. The number of nitrogens with zero attached hydrogens (tertiary/aromatic N) is 1. The van der Waals surface area contributed by atoms with Gasteiger partial charge in [0.05, 0.1) is 6.54 Å². The molecule has 0 aromatic heterocycles. The smallest absolute Gasteiger partial charge is 0.859 e. The van der Waals surface area contributed by atoms with E-state index in [2.05, 4.69) is 11.9 Å². The Balaban J connectivity index is 0. The predicted molar refractivity (Wildman–Crippen MR) is 67.0 cm³/mol. The molecule has 0 saturated heterocycles. The number of carboxylic acid groups (broad SMARTS) is 1. The van der Waals surface area contributed by atoms with Crippen LogP contribution >= 0.6 is 0 Å². The van der Waals surface area contributed by atoms with E-state index in [1.807, 2.05) is 12.2 Å². The number of unbranched alkanes of at least 4 members (excludes halogenated alkanes) is 4. The first-order chi connectivity index (χ1) is 8.16. The van der Waals surface area contributed by atoms with Crippen LogP contribution < -0.4 is 34.7 Å². The molecule has 0 bridgehead atoms. The summed E-state index contributed by atoms with van der Waals surface area (Å²) in [4.78, 5) is 13.8. The summed E-state index contributed by atoms with van der Waals surface area (Å²) < 4.78 is 0. The topological polar surface area (TPSA) is 72.7 Å². The van der Waals surface area contributed by atoms with E-state index in [1.165, 1.54) is 19.3 Å². The second-order valence-corrected chi connectivity index (χ2v) is 3.67. The molecule has 4 nitrogen and oxygen atoms in total. The first-order valence-electron chi connectivity index (χ1n) is 5.94. The number of aliphatic imine (C=N–C) groups is 1. The minimum atomic E-state index is -1.14. The van der Waals surface area contributed by atoms with Gasteiger partial charge >= 0.3 is 35.5 Å². The van der Waals surface area contributed by atoms with Gasteiger partial charge in [0.25, 0.3) is 0 Å². The Morgan fingerprint density at radius 2 is 1.94 bits per heavy atom. The molecule has 96 valence electrons. The van der Waals surface area contributed by atoms with Crippen molar-refractivity contribution in [2.75, 3.05) is 6.54 Å². The largest absolute Gasteiger partial charge is 1.00 e. The van der Waals surface area contributed by atoms with Gasteiger partial charge in [0.15, 0.2) is 0 Å². The number of allylic oxidation sites excluding steroid dienone is 1. The predicted octanol–water partition coefficient (Wildman–Crippen LogP) is -1.08. The average Bonchev–Trinajstić information content (AvgIpc) is 2.30. The van der Waals surface area contributed by atoms with Crippen LogP contribution in [-0.2, 0) is 4.79 Å². The Kier molecular flexibility index (Phi) is 15.9. The van der Waals surface area contributed by atoms with Gasteiger partial charge in [0, 0.05) is 6.08 Å². The molecule has 0 atom stereocenters. The molecule has 0 aliphatic heterocycles. The molecule has 0 unspecified atom stereocenters. The molecule has 0 aliphatic carbocycles. The third-order valence-corrected chi connectivity index (χ3v) is 2.11. The molecule has 0 spiro atoms. The van der Waals surface area contributed by atoms with E-state index < -0.39 is 11.9 Å². The standard InChI is InChI=1S/C13H21NO3.Na/c1-2-3-4-5-6-7-8-11-14-12(15)9-10-13(16)17;/h7-10H,2-6,11H2,1H3,(H,14,15)(H,16,17);/q;+1/p-1/b8-7+,10-9+;. The van der Waals surface area contributed by atoms with Crippen molar-refractivity contribution in [3.8, 4) is 0 Å². The van der Waals surface area contributed by atoms with Crippen LogP contribution in [0, 0.1) is 0 Å². The van der Waals surface area contributed by atoms with E-state index in [0.717, 1.165) is 25.0 Å². The molecule has 0 heterocycles. The molecule has 0 fully saturated rings. The normalized spacial score (nSPS) is 11.9. The summed E-state index contributed by atoms with van der Waals surface area (Å²) >= 11 is 0. The van der Waals surface area contributed by atoms with Gasteiger partial charge in [0.2, 0.25) is 0 Å². The summed E-state index contributed by atoms with van der Waals surface area (Å²) in [5.41, 5.74) is 0. The SMILES string of the molecule is CCCCCC/C=C/CN=C([O-])/C=C/C(=O)O.[Na+]. The van der Waals surface area contributed by atoms with Gasteiger partial charge in [0.1, 0.15) is 0 Å². The van der Waals surface area contributed by atoms with Crippen molar-refractivity contribution >= 4 is 11.9 Å². The van der Waals surface area contributed by atoms with Gasteiger partial charge in [-0.15, -0.1) is 0 Å². The quantitative estimate of drug-likeness (QED) is 0.143. The van der Waals surface area contributed by atoms with Crippen LogP contribution in [0.15, 0.2) is 29.3 Å². The molecule has 0 aliphatic rings. The summed E-state index contributed by atoms with van der Waals surface area (Å²) in [6.45, 7) is 2.49. The van der Waals surface area contributed by atoms with Crippen molar-refractivity contribution in [1.82, 2.24) is 0 Å². The van der Waals surface area contributed by atoms with Gasteiger partial charge in [-0.2, -0.15) is 0 Å². The zero-order valence-electron chi connectivity index (χ0n) is 11.3. The van der Waals surface area contributed by atoms with Gasteiger partial charge in [-0.25, -0.2) is 4.79 Å². The molecular weight excluding hydrogens is 241 g/mol. The minimum absolute atomic E-state index is 0. The number of aliphatic carboxylic acids is 1. The summed E-state index contributed by atoms with van der Waals surface area (Å²) in [7, 11) is 0. The van der Waals surface area contributed by atoms with Crippen molar-refractivity contribution in [1.29, 1.82) is 0 Å². The van der Waals surface area contributed by atoms with Gasteiger partial charge < -0.3 is 10.2 Å². The number of hydrogen-bond donors (Lipinski definition) is 1. The zero-order chi connectivity index (χ0) is 12.9. The van der Waals surface area contributed by atoms with Crippen LogP contribution in [0.4, 0.5) is 0 Å². The Bertz CT molecular complexity index is 299. The molecule has 1 N–H and O–H groups in total. The Morgan fingerprint density at radius 3 is 2.56 bits per heavy atom. The maximum atomic E-state index is 11.0. The second-order valence-electron chi connectivity index (χ2n) is 3.67. The van der Waals surface area contributed by atoms with Crippen LogP contribution in [0.3, 0.4) is 0 Å². The fourth-order valence-corrected chi connectivity index (χ4v) is 1.22. The van der Waals surface area contributed by atoms with E-state index >= 15 is 0 Å². The second kappa shape index (κ2) is 14.5. The van der Waals surface area contributed by atoms with Crippen LogP contribution in [0.2, 0.25) is 0 Å². The monoisotopic (exact) mass is 261 g/mol. The first kappa shape index (κ1) is 19.8. The Morgan fingerprint density at radius 1 is 1.22 bits per heavy atom. The molecule has 0 aromatic rings. The van der Waals surface area contributed by atoms with E-state index in [0.29, 0.717) is 6.54 Å². The Labute approximate surface area is 131 Å². The first-order valence-corrected chi connectivity index (χ1v) is 5.94. The summed E-state index contributed by atoms with van der Waals surface area (Å²) in [6.07, 6.45) is 11.5. The number of rotatable bonds is 9. The van der Waals surface area contributed by atoms with E-state index in [-0.39, 0.29) is 29.6 Å². The molecule has 0 rings (SSSR count). The fourth-order valence-electron chi connectivity index (χ4n) is 1.22. The van der Waals surface area contributed by atoms with Crippen molar-refractivity contribution in [2.45, 2.75) is 39.0 Å². The van der Waals surface area contributed by atoms with Crippen LogP contribution in [0.25, 0.3) is 0 Å². The van der Waals surface area contributed by atoms with Crippen LogP contribution in [0.5, 0.6) is 0 Å². The number of hydrogen-bond acceptors (Lipinski definition) is 3. The molecular formula is C13H20NNaO3. The molecule has 0 radical (unpaired) electrons. The minimum Gasteiger partial charge on any atom is -0.859 e. The van der Waals surface area contributed by atoms with Gasteiger partial charge in [-0.3, -0.25) is 4.99 Å². The average molecular weight is 261 g/mol. The third-order valence-electron chi connectivity index (χ3n) is 2.11. The van der Waals surface area contributed by atoms with Crippen LogP contribution in [0.1, 0.15) is 39.0 Å². The van der Waals surface area contributed by atoms with E-state index in [9.17, 15) is 9.90 Å². The molecule has 0 amide bonds. The van der Waals surface area contributed by atoms with Crippen molar-refractivity contribution in [3.05, 3.63) is 24.3 Å². The van der Waals surface area contributed by atoms with E-state index in [4.69, 9.17) is 5.11 Å². The third kappa shape index (κ3) is 15.4. The number of carboxylic acids is 1. The molecule has 0 saturated carbocycles. The van der Waals surface area contributed by atoms with Gasteiger partial charge in [-0.05, 0) is 24.8 Å². The summed E-state index contributed by atoms with van der Waals surface area (Å²) in [5.74, 6) is -1.65. The van der Waals surface area contributed by atoms with Gasteiger partial charge in [-0.1, -0.05) is 38.3 Å². The molecule has 0 aromatic carbocycles. The van der Waals surface area contributed by atoms with Crippen molar-refractivity contribution in [2.24, 2.45) is 4.99 Å². The molecule has 18 heavy (non-hydrogen) atoms. The maximum Gasteiger partial charge on any atom is 1.00 e. The van der Waals surface area contributed by atoms with E-state index in [1.54, 1.807) is 0 Å². The summed E-state index contributed by atoms with van der Waals surface area (Å²) in [5, 5.41) is 19.3. The Hall–Kier alpha value is -0.580. The number of carbonyl (C=O) groups is 1. The van der Waals surface area contributed by atoms with Crippen molar-refractivity contribution in [3.63, 3.8) is 0 Å². The van der Waals surface area contributed by atoms with Crippen LogP contribution in [-0.4, -0.2) is 23.5 Å². The summed E-state index contributed by atoms with van der Waals surface area (Å²) in [6, 6.07) is 0. The fraction of sp³-hybridized carbons (Fsp3) is 0.538. The maximum absolute atomic E-state index is 11.0.